The van der Waals surface area contributed by atoms with Crippen LogP contribution in [-0.4, -0.2) is 49.2 Å². The van der Waals surface area contributed by atoms with E-state index in [0.29, 0.717) is 28.7 Å². The fourth-order valence-corrected chi connectivity index (χ4v) is 3.79. The third kappa shape index (κ3) is 6.39. The number of carbonyl (C=O) groups is 2. The Bertz CT molecular complexity index is 739. The molecule has 0 unspecified atom stereocenters. The number of ether oxygens (including phenoxy) is 3. The normalized spacial score (nSPS) is 19.3. The van der Waals surface area contributed by atoms with Crippen LogP contribution in [0.1, 0.15) is 52.0 Å². The molecule has 7 heteroatoms. The van der Waals surface area contributed by atoms with E-state index in [0.717, 1.165) is 25.7 Å². The highest BCUT2D eigenvalue weighted by molar-refractivity contribution is 6.32. The number of rotatable bonds is 8. The molecule has 1 aliphatic rings. The number of hydrogen-bond donors (Lipinski definition) is 0. The van der Waals surface area contributed by atoms with Crippen molar-refractivity contribution in [3.8, 4) is 11.5 Å². The van der Waals surface area contributed by atoms with Crippen LogP contribution in [0.25, 0.3) is 6.08 Å². The van der Waals surface area contributed by atoms with Gasteiger partial charge in [0.2, 0.25) is 0 Å². The van der Waals surface area contributed by atoms with Crippen molar-refractivity contribution in [2.45, 2.75) is 58.5 Å². The van der Waals surface area contributed by atoms with Gasteiger partial charge in [0, 0.05) is 18.2 Å². The number of esters is 1. The second-order valence-electron chi connectivity index (χ2n) is 7.25. The summed E-state index contributed by atoms with van der Waals surface area (Å²) in [6.45, 7) is 6.33. The molecule has 1 aromatic carbocycles. The van der Waals surface area contributed by atoms with Crippen LogP contribution in [0.3, 0.4) is 0 Å². The number of nitrogens with zero attached hydrogens (tertiary/aromatic N) is 1. The summed E-state index contributed by atoms with van der Waals surface area (Å²) in [5.74, 6) is 0.221. The summed E-state index contributed by atoms with van der Waals surface area (Å²) in [6, 6.07) is 3.75. The SMILES string of the molecule is CCCOc1c(Cl)cc(/C=C/C(=O)OCC(=O)N2[C@H](C)CCC[C@@H]2C)cc1OC. The van der Waals surface area contributed by atoms with Crippen molar-refractivity contribution in [2.75, 3.05) is 20.3 Å². The van der Waals surface area contributed by atoms with E-state index in [1.165, 1.54) is 13.2 Å². The number of hydrogen-bond acceptors (Lipinski definition) is 5. The molecule has 0 spiro atoms. The lowest BCUT2D eigenvalue weighted by atomic mass is 9.97. The summed E-state index contributed by atoms with van der Waals surface area (Å²) in [7, 11) is 1.53. The van der Waals surface area contributed by atoms with E-state index in [1.807, 2.05) is 25.7 Å². The Balaban J connectivity index is 1.96. The van der Waals surface area contributed by atoms with Gasteiger partial charge in [-0.3, -0.25) is 4.79 Å². The topological polar surface area (TPSA) is 65.1 Å². The number of carbonyl (C=O) groups excluding carboxylic acids is 2. The van der Waals surface area contributed by atoms with Crippen LogP contribution in [0, 0.1) is 0 Å². The zero-order chi connectivity index (χ0) is 21.4. The Hall–Kier alpha value is -2.21. The fourth-order valence-electron chi connectivity index (χ4n) is 3.51. The lowest BCUT2D eigenvalue weighted by Gasteiger charge is -2.38. The Kier molecular flexibility index (Phi) is 8.83. The molecule has 1 aliphatic heterocycles. The minimum Gasteiger partial charge on any atom is -0.493 e. The second-order valence-corrected chi connectivity index (χ2v) is 7.66. The third-order valence-electron chi connectivity index (χ3n) is 4.93. The van der Waals surface area contributed by atoms with Gasteiger partial charge in [-0.15, -0.1) is 0 Å². The lowest BCUT2D eigenvalue weighted by molar-refractivity contribution is -0.151. The molecule has 1 amide bonds. The second kappa shape index (κ2) is 11.1. The molecule has 0 radical (unpaired) electrons. The first-order valence-corrected chi connectivity index (χ1v) is 10.4. The first kappa shape index (κ1) is 23.1. The number of likely N-dealkylation sites (tertiary alicyclic amines) is 1. The van der Waals surface area contributed by atoms with Crippen molar-refractivity contribution >= 4 is 29.6 Å². The monoisotopic (exact) mass is 423 g/mol. The Labute approximate surface area is 177 Å². The zero-order valence-electron chi connectivity index (χ0n) is 17.6. The van der Waals surface area contributed by atoms with Crippen LogP contribution in [0.5, 0.6) is 11.5 Å². The highest BCUT2D eigenvalue weighted by Crippen LogP contribution is 2.36. The Morgan fingerprint density at radius 1 is 1.24 bits per heavy atom. The molecule has 1 saturated heterocycles. The van der Waals surface area contributed by atoms with Crippen LogP contribution < -0.4 is 9.47 Å². The van der Waals surface area contributed by atoms with E-state index in [1.54, 1.807) is 18.2 Å². The Morgan fingerprint density at radius 2 is 1.93 bits per heavy atom. The summed E-state index contributed by atoms with van der Waals surface area (Å²) in [6.07, 6.45) is 6.75. The summed E-state index contributed by atoms with van der Waals surface area (Å²) in [4.78, 5) is 26.3. The van der Waals surface area contributed by atoms with Gasteiger partial charge in [0.05, 0.1) is 18.7 Å². The molecule has 1 heterocycles. The number of methoxy groups -OCH3 is 1. The predicted molar refractivity (Wildman–Crippen MR) is 113 cm³/mol. The van der Waals surface area contributed by atoms with E-state index in [4.69, 9.17) is 25.8 Å². The van der Waals surface area contributed by atoms with E-state index >= 15 is 0 Å². The zero-order valence-corrected chi connectivity index (χ0v) is 18.3. The molecular weight excluding hydrogens is 394 g/mol. The van der Waals surface area contributed by atoms with E-state index in [9.17, 15) is 9.59 Å². The van der Waals surface area contributed by atoms with Gasteiger partial charge in [0.15, 0.2) is 18.1 Å². The van der Waals surface area contributed by atoms with Crippen molar-refractivity contribution in [3.63, 3.8) is 0 Å². The van der Waals surface area contributed by atoms with Gasteiger partial charge in [-0.25, -0.2) is 4.79 Å². The molecule has 2 atom stereocenters. The van der Waals surface area contributed by atoms with Crippen LogP contribution in [0.4, 0.5) is 0 Å². The largest absolute Gasteiger partial charge is 0.493 e. The number of halogens is 1. The minimum atomic E-state index is -0.586. The summed E-state index contributed by atoms with van der Waals surface area (Å²) in [5.41, 5.74) is 0.664. The summed E-state index contributed by atoms with van der Waals surface area (Å²) in [5, 5.41) is 0.397. The molecule has 0 saturated carbocycles. The molecule has 6 nitrogen and oxygen atoms in total. The van der Waals surface area contributed by atoms with Crippen LogP contribution >= 0.6 is 11.6 Å². The maximum absolute atomic E-state index is 12.4. The fraction of sp³-hybridized carbons (Fsp3) is 0.545. The average Bonchev–Trinajstić information content (AvgIpc) is 2.69. The smallest absolute Gasteiger partial charge is 0.331 e. The molecule has 0 N–H and O–H groups in total. The van der Waals surface area contributed by atoms with Gasteiger partial charge in [-0.1, -0.05) is 18.5 Å². The van der Waals surface area contributed by atoms with E-state index in [-0.39, 0.29) is 24.6 Å². The maximum atomic E-state index is 12.4. The maximum Gasteiger partial charge on any atom is 0.331 e. The van der Waals surface area contributed by atoms with Gasteiger partial charge < -0.3 is 19.1 Å². The molecule has 2 rings (SSSR count). The minimum absolute atomic E-state index is 0.159. The van der Waals surface area contributed by atoms with Crippen LogP contribution in [0.15, 0.2) is 18.2 Å². The van der Waals surface area contributed by atoms with Crippen molar-refractivity contribution in [1.82, 2.24) is 4.90 Å². The number of benzene rings is 1. The highest BCUT2D eigenvalue weighted by atomic mass is 35.5. The predicted octanol–water partition coefficient (Wildman–Crippen LogP) is 4.48. The van der Waals surface area contributed by atoms with Gasteiger partial charge in [0.25, 0.3) is 5.91 Å². The first-order valence-electron chi connectivity index (χ1n) is 10.0. The van der Waals surface area contributed by atoms with Crippen molar-refractivity contribution in [3.05, 3.63) is 28.8 Å². The highest BCUT2D eigenvalue weighted by Gasteiger charge is 2.29. The quantitative estimate of drug-likeness (QED) is 0.455. The van der Waals surface area contributed by atoms with E-state index in [2.05, 4.69) is 0 Å². The number of amides is 1. The molecule has 1 aromatic rings. The van der Waals surface area contributed by atoms with E-state index < -0.39 is 5.97 Å². The molecule has 0 aromatic heterocycles. The van der Waals surface area contributed by atoms with Crippen molar-refractivity contribution in [1.29, 1.82) is 0 Å². The summed E-state index contributed by atoms with van der Waals surface area (Å²) >= 11 is 6.28. The molecule has 29 heavy (non-hydrogen) atoms. The van der Waals surface area contributed by atoms with Gasteiger partial charge in [-0.05, 0) is 63.3 Å². The molecule has 160 valence electrons. The van der Waals surface area contributed by atoms with Gasteiger partial charge in [0.1, 0.15) is 0 Å². The van der Waals surface area contributed by atoms with Gasteiger partial charge >= 0.3 is 5.97 Å². The molecule has 1 fully saturated rings. The van der Waals surface area contributed by atoms with Crippen LogP contribution in [0.2, 0.25) is 5.02 Å². The standard InChI is InChI=1S/C22H30ClNO5/c1-5-11-28-22-18(23)12-17(13-19(22)27-4)9-10-21(26)29-14-20(25)24-15(2)7-6-8-16(24)3/h9-10,12-13,15-16H,5-8,11,14H2,1-4H3/b10-9+/t15-,16+. The van der Waals surface area contributed by atoms with Gasteiger partial charge in [-0.2, -0.15) is 0 Å². The van der Waals surface area contributed by atoms with Crippen molar-refractivity contribution < 1.29 is 23.8 Å². The molecule has 0 aliphatic carbocycles. The first-order chi connectivity index (χ1) is 13.9. The average molecular weight is 424 g/mol. The Morgan fingerprint density at radius 3 is 2.55 bits per heavy atom. The molecular formula is C22H30ClNO5. The van der Waals surface area contributed by atoms with Crippen LogP contribution in [-0.2, 0) is 14.3 Å². The summed E-state index contributed by atoms with van der Waals surface area (Å²) < 4.78 is 16.1. The molecule has 0 bridgehead atoms. The number of piperidine rings is 1. The van der Waals surface area contributed by atoms with Crippen molar-refractivity contribution in [2.24, 2.45) is 0 Å². The third-order valence-corrected chi connectivity index (χ3v) is 5.21. The lowest BCUT2D eigenvalue weighted by Crippen LogP contribution is -2.49.